The third-order valence-electron chi connectivity index (χ3n) is 3.79. The van der Waals surface area contributed by atoms with E-state index in [1.165, 1.54) is 37.3 Å². The number of halogens is 1. The smallest absolute Gasteiger partial charge is 0.261 e. The molecular formula is C14H21BrN2OS. The second-order valence-electron chi connectivity index (χ2n) is 5.16. The van der Waals surface area contributed by atoms with Crippen LogP contribution in [0.3, 0.4) is 0 Å². The molecule has 1 N–H and O–H groups in total. The largest absolute Gasteiger partial charge is 0.351 e. The van der Waals surface area contributed by atoms with Crippen LogP contribution in [-0.2, 0) is 0 Å². The van der Waals surface area contributed by atoms with E-state index in [1.54, 1.807) is 0 Å². The average Bonchev–Trinajstić information content (AvgIpc) is 2.77. The number of hydrogen-bond acceptors (Lipinski definition) is 3. The molecule has 2 rings (SSSR count). The van der Waals surface area contributed by atoms with Gasteiger partial charge < -0.3 is 10.2 Å². The first kappa shape index (κ1) is 15.0. The second kappa shape index (κ2) is 6.86. The van der Waals surface area contributed by atoms with Crippen molar-refractivity contribution in [3.63, 3.8) is 0 Å². The monoisotopic (exact) mass is 344 g/mol. The highest BCUT2D eigenvalue weighted by atomic mass is 79.9. The van der Waals surface area contributed by atoms with E-state index in [-0.39, 0.29) is 5.91 Å². The Morgan fingerprint density at radius 2 is 2.21 bits per heavy atom. The molecule has 0 bridgehead atoms. The zero-order valence-corrected chi connectivity index (χ0v) is 13.9. The minimum atomic E-state index is 0.0664. The molecule has 1 aliphatic heterocycles. The Morgan fingerprint density at radius 3 is 2.74 bits per heavy atom. The van der Waals surface area contributed by atoms with Crippen LogP contribution in [-0.4, -0.2) is 37.0 Å². The molecule has 0 radical (unpaired) electrons. The highest BCUT2D eigenvalue weighted by molar-refractivity contribution is 9.11. The summed E-state index contributed by atoms with van der Waals surface area (Å²) in [5.41, 5.74) is 1.13. The summed E-state index contributed by atoms with van der Waals surface area (Å²) in [6.45, 7) is 8.50. The number of likely N-dealkylation sites (tertiary alicyclic amines) is 1. The van der Waals surface area contributed by atoms with Gasteiger partial charge in [-0.25, -0.2) is 0 Å². The van der Waals surface area contributed by atoms with Crippen molar-refractivity contribution in [2.45, 2.75) is 26.7 Å². The van der Waals surface area contributed by atoms with E-state index in [2.05, 4.69) is 33.1 Å². The van der Waals surface area contributed by atoms with Crippen LogP contribution in [0.25, 0.3) is 0 Å². The van der Waals surface area contributed by atoms with Crippen molar-refractivity contribution < 1.29 is 4.79 Å². The Labute approximate surface area is 127 Å². The number of carbonyl (C=O) groups excluding carboxylic acids is 1. The summed E-state index contributed by atoms with van der Waals surface area (Å²) < 4.78 is 1.05. The van der Waals surface area contributed by atoms with Crippen molar-refractivity contribution in [2.24, 2.45) is 5.92 Å². The van der Waals surface area contributed by atoms with Gasteiger partial charge in [0.2, 0.25) is 0 Å². The summed E-state index contributed by atoms with van der Waals surface area (Å²) in [7, 11) is 0. The van der Waals surface area contributed by atoms with Gasteiger partial charge in [-0.2, -0.15) is 0 Å². The fraction of sp³-hybridized carbons (Fsp3) is 0.643. The maximum absolute atomic E-state index is 12.0. The summed E-state index contributed by atoms with van der Waals surface area (Å²) >= 11 is 4.97. The average molecular weight is 345 g/mol. The molecular weight excluding hydrogens is 324 g/mol. The topological polar surface area (TPSA) is 32.3 Å². The van der Waals surface area contributed by atoms with Gasteiger partial charge in [0.15, 0.2) is 0 Å². The van der Waals surface area contributed by atoms with E-state index < -0.39 is 0 Å². The third-order valence-corrected chi connectivity index (χ3v) is 5.92. The molecule has 1 aromatic heterocycles. The van der Waals surface area contributed by atoms with E-state index in [0.717, 1.165) is 27.3 Å². The molecule has 0 unspecified atom stereocenters. The number of nitrogens with one attached hydrogen (secondary N) is 1. The molecule has 0 aliphatic carbocycles. The van der Waals surface area contributed by atoms with Gasteiger partial charge in [-0.3, -0.25) is 4.79 Å². The number of piperidine rings is 1. The lowest BCUT2D eigenvalue weighted by Crippen LogP contribution is -2.38. The summed E-state index contributed by atoms with van der Waals surface area (Å²) in [5.74, 6) is 0.702. The van der Waals surface area contributed by atoms with Crippen LogP contribution in [0.5, 0.6) is 0 Å². The lowest BCUT2D eigenvalue weighted by molar-refractivity contribution is 0.0941. The van der Waals surface area contributed by atoms with Crippen molar-refractivity contribution in [3.05, 3.63) is 20.3 Å². The predicted octanol–water partition coefficient (Wildman–Crippen LogP) is 3.28. The molecule has 1 aliphatic rings. The lowest BCUT2D eigenvalue weighted by atomic mass is 9.97. The Hall–Kier alpha value is -0.390. The molecule has 1 aromatic rings. The molecule has 1 amide bonds. The normalized spacial score (nSPS) is 17.6. The zero-order chi connectivity index (χ0) is 13.8. The predicted molar refractivity (Wildman–Crippen MR) is 83.9 cm³/mol. The van der Waals surface area contributed by atoms with Gasteiger partial charge in [-0.05, 0) is 72.9 Å². The van der Waals surface area contributed by atoms with Crippen LogP contribution in [0, 0.1) is 12.8 Å². The van der Waals surface area contributed by atoms with Crippen molar-refractivity contribution in [2.75, 3.05) is 26.2 Å². The van der Waals surface area contributed by atoms with Crippen LogP contribution < -0.4 is 5.32 Å². The third kappa shape index (κ3) is 4.04. The molecule has 3 nitrogen and oxygen atoms in total. The first-order valence-corrected chi connectivity index (χ1v) is 8.47. The molecule has 0 spiro atoms. The maximum Gasteiger partial charge on any atom is 0.261 e. The fourth-order valence-corrected chi connectivity index (χ4v) is 3.85. The number of carbonyl (C=O) groups is 1. The van der Waals surface area contributed by atoms with Crippen molar-refractivity contribution >= 4 is 33.2 Å². The molecule has 106 valence electrons. The van der Waals surface area contributed by atoms with Gasteiger partial charge in [0, 0.05) is 6.54 Å². The first-order chi connectivity index (χ1) is 9.10. The first-order valence-electron chi connectivity index (χ1n) is 6.86. The van der Waals surface area contributed by atoms with E-state index in [9.17, 15) is 4.79 Å². The molecule has 1 saturated heterocycles. The van der Waals surface area contributed by atoms with E-state index in [0.29, 0.717) is 5.92 Å². The molecule has 2 heterocycles. The maximum atomic E-state index is 12.0. The van der Waals surface area contributed by atoms with E-state index >= 15 is 0 Å². The molecule has 0 saturated carbocycles. The van der Waals surface area contributed by atoms with Crippen LogP contribution in [0.4, 0.5) is 0 Å². The zero-order valence-electron chi connectivity index (χ0n) is 11.5. The number of aryl methyl sites for hydroxylation is 1. The van der Waals surface area contributed by atoms with Gasteiger partial charge in [-0.1, -0.05) is 6.92 Å². The summed E-state index contributed by atoms with van der Waals surface area (Å²) in [4.78, 5) is 15.3. The van der Waals surface area contributed by atoms with Gasteiger partial charge in [0.1, 0.15) is 0 Å². The lowest BCUT2D eigenvalue weighted by Gasteiger charge is -2.30. The Morgan fingerprint density at radius 1 is 1.53 bits per heavy atom. The Bertz CT molecular complexity index is 419. The van der Waals surface area contributed by atoms with Crippen LogP contribution in [0.15, 0.2) is 9.85 Å². The SMILES string of the molecule is CCN1CCC(CNC(=O)c2cc(C)c(Br)s2)CC1. The van der Waals surface area contributed by atoms with Crippen molar-refractivity contribution in [1.82, 2.24) is 10.2 Å². The van der Waals surface area contributed by atoms with E-state index in [1.807, 2.05) is 13.0 Å². The van der Waals surface area contributed by atoms with E-state index in [4.69, 9.17) is 0 Å². The molecule has 0 aromatic carbocycles. The highest BCUT2D eigenvalue weighted by Gasteiger charge is 2.19. The number of hydrogen-bond donors (Lipinski definition) is 1. The summed E-state index contributed by atoms with van der Waals surface area (Å²) in [6.07, 6.45) is 2.39. The van der Waals surface area contributed by atoms with Gasteiger partial charge >= 0.3 is 0 Å². The number of rotatable bonds is 4. The fourth-order valence-electron chi connectivity index (χ4n) is 2.40. The quantitative estimate of drug-likeness (QED) is 0.908. The number of amides is 1. The highest BCUT2D eigenvalue weighted by Crippen LogP contribution is 2.27. The summed E-state index contributed by atoms with van der Waals surface area (Å²) in [6, 6.07) is 1.95. The molecule has 19 heavy (non-hydrogen) atoms. The second-order valence-corrected chi connectivity index (χ2v) is 7.53. The minimum Gasteiger partial charge on any atom is -0.351 e. The van der Waals surface area contributed by atoms with Gasteiger partial charge in [-0.15, -0.1) is 11.3 Å². The summed E-state index contributed by atoms with van der Waals surface area (Å²) in [5, 5.41) is 3.07. The van der Waals surface area contributed by atoms with Crippen LogP contribution >= 0.6 is 27.3 Å². The van der Waals surface area contributed by atoms with Crippen LogP contribution in [0.1, 0.15) is 35.0 Å². The Kier molecular flexibility index (Phi) is 5.42. The van der Waals surface area contributed by atoms with Crippen molar-refractivity contribution in [1.29, 1.82) is 0 Å². The van der Waals surface area contributed by atoms with Crippen LogP contribution in [0.2, 0.25) is 0 Å². The molecule has 1 fully saturated rings. The number of nitrogens with zero attached hydrogens (tertiary/aromatic N) is 1. The Balaban J connectivity index is 1.78. The molecule has 0 atom stereocenters. The van der Waals surface area contributed by atoms with Crippen molar-refractivity contribution in [3.8, 4) is 0 Å². The number of thiophene rings is 1. The standard InChI is InChI=1S/C14H21BrN2OS/c1-3-17-6-4-11(5-7-17)9-16-14(18)12-8-10(2)13(15)19-12/h8,11H,3-7,9H2,1-2H3,(H,16,18). The van der Waals surface area contributed by atoms with Gasteiger partial charge in [0.25, 0.3) is 5.91 Å². The van der Waals surface area contributed by atoms with Gasteiger partial charge in [0.05, 0.1) is 8.66 Å². The molecule has 5 heteroatoms. The minimum absolute atomic E-state index is 0.0664.